The summed E-state index contributed by atoms with van der Waals surface area (Å²) in [5, 5.41) is 4.12. The summed E-state index contributed by atoms with van der Waals surface area (Å²) in [6.45, 7) is 7.83. The molecular weight excluding hydrogens is 374 g/mol. The average Bonchev–Trinajstić information content (AvgIpc) is 2.88. The Morgan fingerprint density at radius 1 is 1.21 bits per heavy atom. The van der Waals surface area contributed by atoms with Crippen LogP contribution >= 0.6 is 0 Å². The van der Waals surface area contributed by atoms with Crippen molar-refractivity contribution in [1.29, 1.82) is 0 Å². The largest absolute Gasteiger partial charge is 0.444 e. The first-order valence-corrected chi connectivity index (χ1v) is 9.89. The summed E-state index contributed by atoms with van der Waals surface area (Å²) < 4.78 is 5.27. The van der Waals surface area contributed by atoms with Gasteiger partial charge in [0.2, 0.25) is 0 Å². The van der Waals surface area contributed by atoms with Crippen molar-refractivity contribution in [3.05, 3.63) is 35.9 Å². The molecule has 0 unspecified atom stereocenters. The van der Waals surface area contributed by atoms with Crippen LogP contribution in [0.5, 0.6) is 0 Å². The molecule has 0 saturated carbocycles. The Kier molecular flexibility index (Phi) is 6.12. The SMILES string of the molecule is CC(=O)[C@@H]1[C@H](CNC(=O)OC(C)(C)C)C[C@@H]2CN1C(=O)N2OCc1ccccc1. The van der Waals surface area contributed by atoms with Crippen LogP contribution in [0.2, 0.25) is 0 Å². The van der Waals surface area contributed by atoms with Crippen LogP contribution in [0.3, 0.4) is 0 Å². The molecule has 2 bridgehead atoms. The van der Waals surface area contributed by atoms with Crippen molar-refractivity contribution in [1.82, 2.24) is 15.3 Å². The van der Waals surface area contributed by atoms with Crippen LogP contribution in [0, 0.1) is 5.92 Å². The number of nitrogens with one attached hydrogen (secondary N) is 1. The van der Waals surface area contributed by atoms with Gasteiger partial charge in [0.15, 0.2) is 5.78 Å². The number of alkyl carbamates (subject to hydrolysis) is 1. The van der Waals surface area contributed by atoms with Crippen molar-refractivity contribution in [3.8, 4) is 0 Å². The molecule has 2 aliphatic heterocycles. The van der Waals surface area contributed by atoms with Crippen molar-refractivity contribution in [3.63, 3.8) is 0 Å². The summed E-state index contributed by atoms with van der Waals surface area (Å²) in [5.41, 5.74) is 0.361. The third-order valence-corrected chi connectivity index (χ3v) is 5.07. The third kappa shape index (κ3) is 5.06. The molecule has 2 saturated heterocycles. The number of benzene rings is 1. The second-order valence-corrected chi connectivity index (χ2v) is 8.61. The zero-order chi connectivity index (χ0) is 21.2. The van der Waals surface area contributed by atoms with Crippen molar-refractivity contribution >= 4 is 17.9 Å². The molecule has 1 N–H and O–H groups in total. The molecule has 3 atom stereocenters. The predicted octanol–water partition coefficient (Wildman–Crippen LogP) is 2.73. The highest BCUT2D eigenvalue weighted by molar-refractivity contribution is 5.88. The zero-order valence-electron chi connectivity index (χ0n) is 17.4. The Morgan fingerprint density at radius 3 is 2.52 bits per heavy atom. The highest BCUT2D eigenvalue weighted by Crippen LogP contribution is 2.34. The van der Waals surface area contributed by atoms with E-state index >= 15 is 0 Å². The van der Waals surface area contributed by atoms with Crippen LogP contribution in [0.15, 0.2) is 30.3 Å². The molecule has 0 aliphatic carbocycles. The lowest BCUT2D eigenvalue weighted by Gasteiger charge is -2.36. The molecule has 1 aromatic carbocycles. The highest BCUT2D eigenvalue weighted by atomic mass is 16.7. The van der Waals surface area contributed by atoms with E-state index in [4.69, 9.17) is 9.57 Å². The van der Waals surface area contributed by atoms with Crippen molar-refractivity contribution in [2.75, 3.05) is 13.1 Å². The van der Waals surface area contributed by atoms with E-state index in [0.717, 1.165) is 5.56 Å². The first-order chi connectivity index (χ1) is 13.7. The number of hydrogen-bond donors (Lipinski definition) is 1. The number of urea groups is 1. The molecule has 8 nitrogen and oxygen atoms in total. The van der Waals surface area contributed by atoms with E-state index in [1.165, 1.54) is 12.0 Å². The van der Waals surface area contributed by atoms with Gasteiger partial charge >= 0.3 is 12.1 Å². The minimum atomic E-state index is -0.600. The van der Waals surface area contributed by atoms with E-state index in [2.05, 4.69) is 5.32 Å². The Balaban J connectivity index is 1.65. The number of rotatable bonds is 6. The fraction of sp³-hybridized carbons (Fsp3) is 0.571. The molecule has 8 heteroatoms. The molecule has 3 amide bonds. The number of hydroxylamine groups is 2. The minimum Gasteiger partial charge on any atom is -0.444 e. The normalized spacial score (nSPS) is 23.9. The summed E-state index contributed by atoms with van der Waals surface area (Å²) in [4.78, 5) is 44.5. The topological polar surface area (TPSA) is 88.2 Å². The van der Waals surface area contributed by atoms with Gasteiger partial charge in [-0.1, -0.05) is 30.3 Å². The molecule has 2 aliphatic rings. The van der Waals surface area contributed by atoms with E-state index < -0.39 is 17.7 Å². The van der Waals surface area contributed by atoms with Gasteiger partial charge in [0.1, 0.15) is 12.2 Å². The molecule has 158 valence electrons. The molecule has 29 heavy (non-hydrogen) atoms. The van der Waals surface area contributed by atoms with Crippen LogP contribution in [0.1, 0.15) is 39.7 Å². The summed E-state index contributed by atoms with van der Waals surface area (Å²) in [6, 6.07) is 8.56. The fourth-order valence-corrected chi connectivity index (χ4v) is 3.95. The number of amides is 3. The number of carbonyl (C=O) groups is 3. The minimum absolute atomic E-state index is 0.0994. The van der Waals surface area contributed by atoms with Gasteiger partial charge in [-0.05, 0) is 39.7 Å². The maximum Gasteiger partial charge on any atom is 0.407 e. The van der Waals surface area contributed by atoms with Crippen LogP contribution < -0.4 is 5.32 Å². The number of fused-ring (bicyclic) bond motifs is 2. The van der Waals surface area contributed by atoms with E-state index in [0.29, 0.717) is 13.0 Å². The van der Waals surface area contributed by atoms with Gasteiger partial charge in [-0.3, -0.25) is 9.63 Å². The van der Waals surface area contributed by atoms with Gasteiger partial charge in [-0.25, -0.2) is 9.59 Å². The molecule has 2 fully saturated rings. The van der Waals surface area contributed by atoms with E-state index in [9.17, 15) is 14.4 Å². The Labute approximate surface area is 171 Å². The molecule has 2 heterocycles. The van der Waals surface area contributed by atoms with Gasteiger partial charge in [0.25, 0.3) is 0 Å². The van der Waals surface area contributed by atoms with Crippen molar-refractivity contribution < 1.29 is 24.0 Å². The highest BCUT2D eigenvalue weighted by Gasteiger charge is 2.51. The van der Waals surface area contributed by atoms with Gasteiger partial charge in [0, 0.05) is 19.0 Å². The summed E-state index contributed by atoms with van der Waals surface area (Å²) in [7, 11) is 0. The van der Waals surface area contributed by atoms with E-state index in [-0.39, 0.29) is 36.9 Å². The zero-order valence-corrected chi connectivity index (χ0v) is 17.4. The first-order valence-electron chi connectivity index (χ1n) is 9.89. The van der Waals surface area contributed by atoms with E-state index in [1.807, 2.05) is 30.3 Å². The molecule has 0 radical (unpaired) electrons. The van der Waals surface area contributed by atoms with Crippen LogP contribution in [0.4, 0.5) is 9.59 Å². The Morgan fingerprint density at radius 2 is 1.90 bits per heavy atom. The standard InChI is InChI=1S/C21H29N3O5/c1-14(25)18-16(11-22-19(26)29-21(2,3)4)10-17-12-23(18)20(27)24(17)28-13-15-8-6-5-7-9-15/h5-9,16-18H,10-13H2,1-4H3,(H,22,26)/t16-,17+,18+/m0/s1. The lowest BCUT2D eigenvalue weighted by molar-refractivity contribution is -0.142. The lowest BCUT2D eigenvalue weighted by Crippen LogP contribution is -2.53. The maximum absolute atomic E-state index is 12.9. The monoisotopic (exact) mass is 403 g/mol. The number of piperidine rings is 1. The molecule has 0 spiro atoms. The molecule has 3 rings (SSSR count). The predicted molar refractivity (Wildman–Crippen MR) is 106 cm³/mol. The van der Waals surface area contributed by atoms with Crippen LogP contribution in [-0.2, 0) is 21.0 Å². The van der Waals surface area contributed by atoms with E-state index in [1.54, 1.807) is 25.7 Å². The number of hydrogen-bond acceptors (Lipinski definition) is 5. The van der Waals surface area contributed by atoms with Crippen LogP contribution in [0.25, 0.3) is 0 Å². The smallest absolute Gasteiger partial charge is 0.407 e. The quantitative estimate of drug-likeness (QED) is 0.789. The first kappa shape index (κ1) is 21.1. The summed E-state index contributed by atoms with van der Waals surface area (Å²) in [5.74, 6) is -0.300. The number of Topliss-reactive ketones (excluding diaryl/α,β-unsaturated/α-hetero) is 1. The molecule has 0 aromatic heterocycles. The van der Waals surface area contributed by atoms with Crippen molar-refractivity contribution in [2.45, 2.75) is 58.4 Å². The lowest BCUT2D eigenvalue weighted by atomic mass is 9.86. The summed E-state index contributed by atoms with van der Waals surface area (Å²) in [6.07, 6.45) is 0.0353. The third-order valence-electron chi connectivity index (χ3n) is 5.07. The molecule has 1 aromatic rings. The van der Waals surface area contributed by atoms with Gasteiger partial charge < -0.3 is 15.0 Å². The average molecular weight is 403 g/mol. The second-order valence-electron chi connectivity index (χ2n) is 8.61. The Bertz CT molecular complexity index is 761. The summed E-state index contributed by atoms with van der Waals surface area (Å²) >= 11 is 0. The van der Waals surface area contributed by atoms with Gasteiger partial charge in [-0.15, -0.1) is 0 Å². The maximum atomic E-state index is 12.9. The number of ketones is 1. The number of carbonyl (C=O) groups excluding carboxylic acids is 3. The number of nitrogens with zero attached hydrogens (tertiary/aromatic N) is 2. The van der Waals surface area contributed by atoms with Gasteiger partial charge in [0.05, 0.1) is 12.1 Å². The Hall–Kier alpha value is -2.61. The number of ether oxygens (including phenoxy) is 1. The van der Waals surface area contributed by atoms with Crippen molar-refractivity contribution in [2.24, 2.45) is 5.92 Å². The van der Waals surface area contributed by atoms with Crippen LogP contribution in [-0.4, -0.2) is 58.6 Å². The molecular formula is C21H29N3O5. The second kappa shape index (κ2) is 8.41. The van der Waals surface area contributed by atoms with Gasteiger partial charge in [-0.2, -0.15) is 5.06 Å². The fourth-order valence-electron chi connectivity index (χ4n) is 3.95.